The normalized spacial score (nSPS) is 10.3. The average Bonchev–Trinajstić information content (AvgIpc) is 3.18. The lowest BCUT2D eigenvalue weighted by atomic mass is 10.3. The molecule has 0 aliphatic rings. The highest BCUT2D eigenvalue weighted by molar-refractivity contribution is 5.46. The molecule has 0 aliphatic heterocycles. The van der Waals surface area contributed by atoms with Gasteiger partial charge in [0.15, 0.2) is 0 Å². The van der Waals surface area contributed by atoms with Crippen LogP contribution in [0.2, 0.25) is 0 Å². The summed E-state index contributed by atoms with van der Waals surface area (Å²) in [4.78, 5) is 8.38. The minimum absolute atomic E-state index is 0.519. The van der Waals surface area contributed by atoms with Crippen LogP contribution in [0.1, 0.15) is 5.76 Å². The molecule has 0 atom stereocenters. The van der Waals surface area contributed by atoms with E-state index >= 15 is 0 Å². The quantitative estimate of drug-likeness (QED) is 0.579. The first-order chi connectivity index (χ1) is 12.3. The van der Waals surface area contributed by atoms with E-state index in [1.807, 2.05) is 42.5 Å². The van der Waals surface area contributed by atoms with Crippen molar-refractivity contribution in [2.75, 3.05) is 30.9 Å². The average molecular weight is 340 g/mol. The summed E-state index contributed by atoms with van der Waals surface area (Å²) in [5.41, 5.74) is 0. The Kier molecular flexibility index (Phi) is 5.71. The molecule has 3 rings (SSSR count). The van der Waals surface area contributed by atoms with E-state index in [9.17, 15) is 0 Å². The van der Waals surface area contributed by atoms with E-state index in [0.717, 1.165) is 28.9 Å². The predicted molar refractivity (Wildman–Crippen MR) is 95.0 cm³/mol. The molecule has 0 radical (unpaired) electrons. The molecule has 7 nitrogen and oxygen atoms in total. The monoisotopic (exact) mass is 340 g/mol. The van der Waals surface area contributed by atoms with Gasteiger partial charge in [-0.25, -0.2) is 9.97 Å². The largest absolute Gasteiger partial charge is 0.497 e. The fourth-order valence-corrected chi connectivity index (χ4v) is 2.16. The first-order valence-electron chi connectivity index (χ1n) is 7.92. The molecule has 0 amide bonds. The van der Waals surface area contributed by atoms with Crippen molar-refractivity contribution >= 4 is 11.6 Å². The van der Waals surface area contributed by atoms with Crippen molar-refractivity contribution in [3.05, 3.63) is 60.8 Å². The van der Waals surface area contributed by atoms with Gasteiger partial charge in [-0.3, -0.25) is 0 Å². The van der Waals surface area contributed by atoms with Crippen LogP contribution >= 0.6 is 0 Å². The molecule has 25 heavy (non-hydrogen) atoms. The molecular weight excluding hydrogens is 320 g/mol. The molecule has 0 bridgehead atoms. The van der Waals surface area contributed by atoms with E-state index in [1.165, 1.54) is 6.33 Å². The maximum Gasteiger partial charge on any atom is 0.131 e. The van der Waals surface area contributed by atoms with Crippen molar-refractivity contribution < 1.29 is 13.9 Å². The Bertz CT molecular complexity index is 760. The Balaban J connectivity index is 1.42. The lowest BCUT2D eigenvalue weighted by Gasteiger charge is -2.09. The Morgan fingerprint density at radius 3 is 2.48 bits per heavy atom. The van der Waals surface area contributed by atoms with Crippen LogP contribution in [-0.2, 0) is 6.54 Å². The van der Waals surface area contributed by atoms with Gasteiger partial charge in [-0.2, -0.15) is 0 Å². The highest BCUT2D eigenvalue weighted by Crippen LogP contribution is 2.17. The lowest BCUT2D eigenvalue weighted by Crippen LogP contribution is -2.12. The Morgan fingerprint density at radius 2 is 1.76 bits per heavy atom. The van der Waals surface area contributed by atoms with Gasteiger partial charge in [0.25, 0.3) is 0 Å². The predicted octanol–water partition coefficient (Wildman–Crippen LogP) is 3.18. The molecule has 0 aliphatic carbocycles. The second kappa shape index (κ2) is 8.58. The number of anilines is 2. The number of methoxy groups -OCH3 is 1. The maximum absolute atomic E-state index is 5.66. The molecule has 0 fully saturated rings. The summed E-state index contributed by atoms with van der Waals surface area (Å²) in [6.45, 7) is 1.72. The molecule has 1 aromatic carbocycles. The zero-order chi connectivity index (χ0) is 17.3. The van der Waals surface area contributed by atoms with E-state index in [-0.39, 0.29) is 0 Å². The number of hydrogen-bond acceptors (Lipinski definition) is 7. The molecule has 0 spiro atoms. The Labute approximate surface area is 146 Å². The van der Waals surface area contributed by atoms with Crippen LogP contribution in [0.25, 0.3) is 0 Å². The number of furan rings is 1. The second-order valence-corrected chi connectivity index (χ2v) is 5.17. The molecular formula is C18H20N4O3. The van der Waals surface area contributed by atoms with E-state index in [4.69, 9.17) is 13.9 Å². The minimum Gasteiger partial charge on any atom is -0.497 e. The van der Waals surface area contributed by atoms with Crippen molar-refractivity contribution in [1.82, 2.24) is 9.97 Å². The third-order valence-corrected chi connectivity index (χ3v) is 3.43. The molecule has 2 N–H and O–H groups in total. The van der Waals surface area contributed by atoms with Gasteiger partial charge in [-0.1, -0.05) is 0 Å². The summed E-state index contributed by atoms with van der Waals surface area (Å²) in [6.07, 6.45) is 3.16. The number of nitrogens with one attached hydrogen (secondary N) is 2. The van der Waals surface area contributed by atoms with E-state index in [0.29, 0.717) is 19.7 Å². The van der Waals surface area contributed by atoms with Crippen molar-refractivity contribution in [3.63, 3.8) is 0 Å². The standard InChI is InChI=1S/C18H20N4O3/c1-23-14-4-6-15(7-5-14)25-10-8-19-17-11-18(22-13-21-17)20-12-16-3-2-9-24-16/h2-7,9,11,13H,8,10,12H2,1H3,(H2,19,20,21,22). The third-order valence-electron chi connectivity index (χ3n) is 3.43. The fraction of sp³-hybridized carbons (Fsp3) is 0.222. The summed E-state index contributed by atoms with van der Waals surface area (Å²) in [5, 5.41) is 6.39. The van der Waals surface area contributed by atoms with Crippen molar-refractivity contribution in [1.29, 1.82) is 0 Å². The fourth-order valence-electron chi connectivity index (χ4n) is 2.16. The van der Waals surface area contributed by atoms with Crippen molar-refractivity contribution in [3.8, 4) is 11.5 Å². The van der Waals surface area contributed by atoms with Crippen LogP contribution < -0.4 is 20.1 Å². The van der Waals surface area contributed by atoms with Crippen LogP contribution in [0, 0.1) is 0 Å². The van der Waals surface area contributed by atoms with Crippen LogP contribution in [0.5, 0.6) is 11.5 Å². The molecule has 130 valence electrons. The van der Waals surface area contributed by atoms with Crippen LogP contribution in [-0.4, -0.2) is 30.2 Å². The highest BCUT2D eigenvalue weighted by Gasteiger charge is 2.01. The van der Waals surface area contributed by atoms with Gasteiger partial charge in [0.05, 0.1) is 26.5 Å². The number of rotatable bonds is 9. The Morgan fingerprint density at radius 1 is 1.00 bits per heavy atom. The van der Waals surface area contributed by atoms with Crippen LogP contribution in [0.3, 0.4) is 0 Å². The van der Waals surface area contributed by atoms with Crippen molar-refractivity contribution in [2.45, 2.75) is 6.54 Å². The van der Waals surface area contributed by atoms with Gasteiger partial charge in [-0.15, -0.1) is 0 Å². The van der Waals surface area contributed by atoms with Crippen LogP contribution in [0.4, 0.5) is 11.6 Å². The third kappa shape index (κ3) is 5.13. The van der Waals surface area contributed by atoms with Gasteiger partial charge in [0.2, 0.25) is 0 Å². The van der Waals surface area contributed by atoms with Gasteiger partial charge in [0, 0.05) is 6.07 Å². The smallest absolute Gasteiger partial charge is 0.131 e. The van der Waals surface area contributed by atoms with Gasteiger partial charge >= 0.3 is 0 Å². The van der Waals surface area contributed by atoms with Crippen LogP contribution in [0.15, 0.2) is 59.5 Å². The zero-order valence-corrected chi connectivity index (χ0v) is 13.9. The van der Waals surface area contributed by atoms with Gasteiger partial charge < -0.3 is 24.5 Å². The lowest BCUT2D eigenvalue weighted by molar-refractivity contribution is 0.331. The first-order valence-corrected chi connectivity index (χ1v) is 7.92. The summed E-state index contributed by atoms with van der Waals surface area (Å²) < 4.78 is 16.1. The number of benzene rings is 1. The topological polar surface area (TPSA) is 81.4 Å². The molecule has 0 saturated heterocycles. The number of ether oxygens (including phenoxy) is 2. The van der Waals surface area contributed by atoms with Gasteiger partial charge in [-0.05, 0) is 36.4 Å². The molecule has 2 heterocycles. The van der Waals surface area contributed by atoms with E-state index in [1.54, 1.807) is 13.4 Å². The zero-order valence-electron chi connectivity index (χ0n) is 13.9. The summed E-state index contributed by atoms with van der Waals surface area (Å²) in [7, 11) is 1.64. The molecule has 7 heteroatoms. The summed E-state index contributed by atoms with van der Waals surface area (Å²) in [6, 6.07) is 13.1. The van der Waals surface area contributed by atoms with Gasteiger partial charge in [0.1, 0.15) is 41.8 Å². The SMILES string of the molecule is COc1ccc(OCCNc2cc(NCc3ccco3)ncn2)cc1. The van der Waals surface area contributed by atoms with Crippen molar-refractivity contribution in [2.24, 2.45) is 0 Å². The molecule has 0 saturated carbocycles. The second-order valence-electron chi connectivity index (χ2n) is 5.17. The molecule has 2 aromatic heterocycles. The minimum atomic E-state index is 0.519. The number of nitrogens with zero attached hydrogens (tertiary/aromatic N) is 2. The highest BCUT2D eigenvalue weighted by atomic mass is 16.5. The van der Waals surface area contributed by atoms with E-state index < -0.39 is 0 Å². The van der Waals surface area contributed by atoms with E-state index in [2.05, 4.69) is 20.6 Å². The number of aromatic nitrogens is 2. The number of hydrogen-bond donors (Lipinski definition) is 2. The maximum atomic E-state index is 5.66. The summed E-state index contributed by atoms with van der Waals surface area (Å²) in [5.74, 6) is 3.91. The molecule has 0 unspecified atom stereocenters. The summed E-state index contributed by atoms with van der Waals surface area (Å²) >= 11 is 0. The Hall–Kier alpha value is -3.22. The molecule has 3 aromatic rings. The first kappa shape index (κ1) is 16.6.